The molecule has 0 bridgehead atoms. The van der Waals surface area contributed by atoms with Gasteiger partial charge < -0.3 is 9.47 Å². The highest BCUT2D eigenvalue weighted by atomic mass is 16.5. The van der Waals surface area contributed by atoms with E-state index in [1.165, 1.54) is 0 Å². The summed E-state index contributed by atoms with van der Waals surface area (Å²) in [6.45, 7) is 7.71. The zero-order valence-corrected chi connectivity index (χ0v) is 15.5. The summed E-state index contributed by atoms with van der Waals surface area (Å²) in [5.41, 5.74) is 6.15. The second-order valence-corrected chi connectivity index (χ2v) is 5.85. The van der Waals surface area contributed by atoms with Crippen LogP contribution in [-0.4, -0.2) is 24.5 Å². The second-order valence-electron chi connectivity index (χ2n) is 5.85. The van der Waals surface area contributed by atoms with E-state index in [0.717, 1.165) is 5.56 Å². The zero-order chi connectivity index (χ0) is 19.6. The number of para-hydroxylation sites is 1. The quantitative estimate of drug-likeness (QED) is 0.554. The number of carbonyl (C=O) groups is 2. The summed E-state index contributed by atoms with van der Waals surface area (Å²) in [6.07, 6.45) is 1.39. The second kappa shape index (κ2) is 10.0. The molecule has 0 aliphatic rings. The first-order chi connectivity index (χ1) is 13.0. The van der Waals surface area contributed by atoms with Gasteiger partial charge in [-0.3, -0.25) is 20.4 Å². The molecule has 0 fully saturated rings. The van der Waals surface area contributed by atoms with Crippen LogP contribution >= 0.6 is 0 Å². The zero-order valence-electron chi connectivity index (χ0n) is 15.5. The minimum absolute atomic E-state index is 0.390. The molecule has 0 spiro atoms. The number of ether oxygens (including phenoxy) is 2. The van der Waals surface area contributed by atoms with Gasteiger partial charge in [-0.15, -0.1) is 0 Å². The Labute approximate surface area is 159 Å². The Balaban J connectivity index is 1.90. The van der Waals surface area contributed by atoms with Gasteiger partial charge in [-0.05, 0) is 49.2 Å². The number of carbonyl (C=O) groups excluding carboxylic acids is 2. The maximum absolute atomic E-state index is 12.3. The number of hydrogen-bond acceptors (Lipinski definition) is 4. The maximum Gasteiger partial charge on any atom is 0.279 e. The number of benzene rings is 2. The van der Waals surface area contributed by atoms with Crippen LogP contribution in [0, 0.1) is 6.92 Å². The molecule has 2 aromatic rings. The lowest BCUT2D eigenvalue weighted by atomic mass is 10.2. The van der Waals surface area contributed by atoms with E-state index < -0.39 is 17.9 Å². The number of hydrogen-bond donors (Lipinski definition) is 2. The van der Waals surface area contributed by atoms with Crippen LogP contribution in [0.2, 0.25) is 0 Å². The van der Waals surface area contributed by atoms with Crippen molar-refractivity contribution in [2.24, 2.45) is 0 Å². The Morgan fingerprint density at radius 1 is 1.11 bits per heavy atom. The molecular weight excluding hydrogens is 344 g/mol. The summed E-state index contributed by atoms with van der Waals surface area (Å²) in [6, 6.07) is 14.0. The van der Waals surface area contributed by atoms with E-state index in [9.17, 15) is 9.59 Å². The Kier molecular flexibility index (Phi) is 7.43. The van der Waals surface area contributed by atoms with Gasteiger partial charge in [-0.25, -0.2) is 0 Å². The summed E-state index contributed by atoms with van der Waals surface area (Å²) in [7, 11) is 0. The molecule has 0 aliphatic carbocycles. The molecule has 0 radical (unpaired) electrons. The summed E-state index contributed by atoms with van der Waals surface area (Å²) in [5.74, 6) is 0.429. The molecule has 2 N–H and O–H groups in total. The van der Waals surface area contributed by atoms with E-state index in [1.807, 2.05) is 32.0 Å². The van der Waals surface area contributed by atoms with Crippen molar-refractivity contribution in [1.29, 1.82) is 0 Å². The van der Waals surface area contributed by atoms with Gasteiger partial charge in [0.25, 0.3) is 11.8 Å². The monoisotopic (exact) mass is 368 g/mol. The molecule has 2 amide bonds. The highest BCUT2D eigenvalue weighted by Crippen LogP contribution is 2.18. The Hall–Kier alpha value is -3.28. The van der Waals surface area contributed by atoms with Gasteiger partial charge in [-0.1, -0.05) is 37.8 Å². The third-order valence-electron chi connectivity index (χ3n) is 3.81. The molecule has 0 aliphatic heterocycles. The first kappa shape index (κ1) is 20.0. The van der Waals surface area contributed by atoms with Crippen molar-refractivity contribution in [3.05, 3.63) is 72.3 Å². The van der Waals surface area contributed by atoms with E-state index in [0.29, 0.717) is 30.1 Å². The average Bonchev–Trinajstić information content (AvgIpc) is 2.70. The smallest absolute Gasteiger partial charge is 0.279 e. The SMILES string of the molecule is C=CCOc1ccc(C(=O)NNC(=O)C(CC)Oc2ccccc2C)cc1. The van der Waals surface area contributed by atoms with Crippen LogP contribution in [0.1, 0.15) is 29.3 Å². The molecule has 0 saturated heterocycles. The molecule has 2 rings (SSSR count). The standard InChI is InChI=1S/C21H24N2O4/c1-4-14-26-17-12-10-16(11-13-17)20(24)22-23-21(25)18(5-2)27-19-9-7-6-8-15(19)3/h4,6-13,18H,1,5,14H2,2-3H3,(H,22,24)(H,23,25). The van der Waals surface area contributed by atoms with Gasteiger partial charge >= 0.3 is 0 Å². The number of aryl methyl sites for hydroxylation is 1. The normalized spacial score (nSPS) is 11.2. The minimum Gasteiger partial charge on any atom is -0.490 e. The third-order valence-corrected chi connectivity index (χ3v) is 3.81. The van der Waals surface area contributed by atoms with Gasteiger partial charge in [-0.2, -0.15) is 0 Å². The van der Waals surface area contributed by atoms with Crippen molar-refractivity contribution in [3.8, 4) is 11.5 Å². The highest BCUT2D eigenvalue weighted by Gasteiger charge is 2.19. The Morgan fingerprint density at radius 2 is 1.81 bits per heavy atom. The van der Waals surface area contributed by atoms with Crippen molar-refractivity contribution in [2.75, 3.05) is 6.61 Å². The number of rotatable bonds is 8. The fourth-order valence-corrected chi connectivity index (χ4v) is 2.29. The van der Waals surface area contributed by atoms with Crippen molar-refractivity contribution < 1.29 is 19.1 Å². The number of hydrazine groups is 1. The largest absolute Gasteiger partial charge is 0.490 e. The van der Waals surface area contributed by atoms with Crippen LogP contribution in [0.25, 0.3) is 0 Å². The average molecular weight is 368 g/mol. The van der Waals surface area contributed by atoms with Crippen molar-refractivity contribution in [2.45, 2.75) is 26.4 Å². The fraction of sp³-hybridized carbons (Fsp3) is 0.238. The number of nitrogens with one attached hydrogen (secondary N) is 2. The predicted octanol–water partition coefficient (Wildman–Crippen LogP) is 3.18. The van der Waals surface area contributed by atoms with E-state index in [1.54, 1.807) is 36.4 Å². The molecule has 142 valence electrons. The van der Waals surface area contributed by atoms with E-state index in [4.69, 9.17) is 9.47 Å². The van der Waals surface area contributed by atoms with Crippen LogP contribution in [0.15, 0.2) is 61.2 Å². The summed E-state index contributed by atoms with van der Waals surface area (Å²) in [4.78, 5) is 24.5. The van der Waals surface area contributed by atoms with E-state index in [2.05, 4.69) is 17.4 Å². The van der Waals surface area contributed by atoms with E-state index in [-0.39, 0.29) is 0 Å². The van der Waals surface area contributed by atoms with Crippen LogP contribution in [0.3, 0.4) is 0 Å². The maximum atomic E-state index is 12.3. The van der Waals surface area contributed by atoms with Crippen LogP contribution in [-0.2, 0) is 4.79 Å². The summed E-state index contributed by atoms with van der Waals surface area (Å²) in [5, 5.41) is 0. The first-order valence-electron chi connectivity index (χ1n) is 8.71. The molecule has 0 saturated carbocycles. The Morgan fingerprint density at radius 3 is 2.44 bits per heavy atom. The molecule has 1 atom stereocenters. The summed E-state index contributed by atoms with van der Waals surface area (Å²) >= 11 is 0. The first-order valence-corrected chi connectivity index (χ1v) is 8.71. The molecule has 0 heterocycles. The number of amides is 2. The summed E-state index contributed by atoms with van der Waals surface area (Å²) < 4.78 is 11.1. The van der Waals surface area contributed by atoms with E-state index >= 15 is 0 Å². The molecule has 27 heavy (non-hydrogen) atoms. The van der Waals surface area contributed by atoms with Crippen molar-refractivity contribution in [3.63, 3.8) is 0 Å². The van der Waals surface area contributed by atoms with Gasteiger partial charge in [0.05, 0.1) is 0 Å². The predicted molar refractivity (Wildman–Crippen MR) is 104 cm³/mol. The lowest BCUT2D eigenvalue weighted by Crippen LogP contribution is -2.48. The Bertz CT molecular complexity index is 787. The van der Waals surface area contributed by atoms with Gasteiger partial charge in [0, 0.05) is 5.56 Å². The molecule has 0 aromatic heterocycles. The highest BCUT2D eigenvalue weighted by molar-refractivity contribution is 5.95. The van der Waals surface area contributed by atoms with Gasteiger partial charge in [0.15, 0.2) is 6.10 Å². The topological polar surface area (TPSA) is 76.7 Å². The fourth-order valence-electron chi connectivity index (χ4n) is 2.29. The van der Waals surface area contributed by atoms with Gasteiger partial charge in [0.1, 0.15) is 18.1 Å². The third kappa shape index (κ3) is 5.88. The van der Waals surface area contributed by atoms with Gasteiger partial charge in [0.2, 0.25) is 0 Å². The molecule has 6 nitrogen and oxygen atoms in total. The van der Waals surface area contributed by atoms with Crippen LogP contribution in [0.4, 0.5) is 0 Å². The van der Waals surface area contributed by atoms with Crippen molar-refractivity contribution >= 4 is 11.8 Å². The van der Waals surface area contributed by atoms with Crippen LogP contribution in [0.5, 0.6) is 11.5 Å². The molecule has 1 unspecified atom stereocenters. The molecule has 2 aromatic carbocycles. The minimum atomic E-state index is -0.707. The molecule has 6 heteroatoms. The van der Waals surface area contributed by atoms with Crippen LogP contribution < -0.4 is 20.3 Å². The van der Waals surface area contributed by atoms with Crippen molar-refractivity contribution in [1.82, 2.24) is 10.9 Å². The lowest BCUT2D eigenvalue weighted by molar-refractivity contribution is -0.128. The lowest BCUT2D eigenvalue weighted by Gasteiger charge is -2.18. The molecular formula is C21H24N2O4.